The Morgan fingerprint density at radius 1 is 0.941 bits per heavy atom. The number of aromatic hydroxyl groups is 1. The molecule has 174 valence electrons. The highest BCUT2D eigenvalue weighted by molar-refractivity contribution is 7.21. The van der Waals surface area contributed by atoms with Crippen molar-refractivity contribution in [1.29, 1.82) is 5.41 Å². The van der Waals surface area contributed by atoms with Gasteiger partial charge in [0.05, 0.1) is 10.4 Å². The number of carbonyl (C=O) groups excluding carboxylic acids is 1. The first kappa shape index (κ1) is 23.7. The topological polar surface area (TPSA) is 70.4 Å². The van der Waals surface area contributed by atoms with E-state index in [1.807, 2.05) is 48.5 Å². The van der Waals surface area contributed by atoms with Gasteiger partial charge in [-0.3, -0.25) is 4.79 Å². The number of hydrogen-bond acceptors (Lipinski definition) is 5. The standard InChI is InChI=1S/C29H29NO3S/c1-2-3-4-5-10-21(30)19-33-22-17-15-20(16-18-22)27-24-12-7-9-14-26(24)34-29(27)28(32)23-11-6-8-13-25(23)31/h6-9,11-18,30-31H,2-5,10,19H2,1H3. The van der Waals surface area contributed by atoms with Crippen molar-refractivity contribution in [3.8, 4) is 22.6 Å². The Morgan fingerprint density at radius 3 is 2.44 bits per heavy atom. The van der Waals surface area contributed by atoms with Gasteiger partial charge < -0.3 is 15.3 Å². The summed E-state index contributed by atoms with van der Waals surface area (Å²) in [7, 11) is 0. The van der Waals surface area contributed by atoms with Gasteiger partial charge >= 0.3 is 0 Å². The molecule has 1 heterocycles. The highest BCUT2D eigenvalue weighted by Gasteiger charge is 2.22. The van der Waals surface area contributed by atoms with E-state index < -0.39 is 0 Å². The molecule has 0 fully saturated rings. The van der Waals surface area contributed by atoms with Crippen molar-refractivity contribution in [1.82, 2.24) is 0 Å². The molecule has 4 aromatic rings. The summed E-state index contributed by atoms with van der Waals surface area (Å²) in [6.45, 7) is 2.48. The molecule has 0 amide bonds. The number of benzene rings is 3. The van der Waals surface area contributed by atoms with Crippen LogP contribution in [0.3, 0.4) is 0 Å². The van der Waals surface area contributed by atoms with Crippen molar-refractivity contribution in [2.24, 2.45) is 0 Å². The van der Waals surface area contributed by atoms with Gasteiger partial charge in [0.2, 0.25) is 5.78 Å². The lowest BCUT2D eigenvalue weighted by molar-refractivity contribution is 0.104. The lowest BCUT2D eigenvalue weighted by Gasteiger charge is -2.10. The van der Waals surface area contributed by atoms with Crippen LogP contribution in [-0.4, -0.2) is 23.2 Å². The van der Waals surface area contributed by atoms with Crippen LogP contribution in [0.15, 0.2) is 72.8 Å². The van der Waals surface area contributed by atoms with Crippen LogP contribution in [0.4, 0.5) is 0 Å². The van der Waals surface area contributed by atoms with E-state index in [9.17, 15) is 9.90 Å². The maximum Gasteiger partial charge on any atom is 0.207 e. The summed E-state index contributed by atoms with van der Waals surface area (Å²) in [5.74, 6) is 0.498. The number of ketones is 1. The number of fused-ring (bicyclic) bond motifs is 1. The first-order valence-corrected chi connectivity index (χ1v) is 12.5. The number of phenolic OH excluding ortho intramolecular Hbond substituents is 1. The molecular formula is C29H29NO3S. The van der Waals surface area contributed by atoms with E-state index in [2.05, 4.69) is 6.92 Å². The highest BCUT2D eigenvalue weighted by atomic mass is 32.1. The van der Waals surface area contributed by atoms with Crippen LogP contribution in [0.25, 0.3) is 21.2 Å². The highest BCUT2D eigenvalue weighted by Crippen LogP contribution is 2.41. The van der Waals surface area contributed by atoms with Gasteiger partial charge in [-0.05, 0) is 48.7 Å². The van der Waals surface area contributed by atoms with Crippen LogP contribution in [0, 0.1) is 5.41 Å². The minimum absolute atomic E-state index is 0.0169. The molecule has 0 spiro atoms. The average Bonchev–Trinajstić information content (AvgIpc) is 3.25. The summed E-state index contributed by atoms with van der Waals surface area (Å²) in [5, 5.41) is 19.4. The van der Waals surface area contributed by atoms with Crippen LogP contribution >= 0.6 is 11.3 Å². The second kappa shape index (κ2) is 11.1. The fraction of sp³-hybridized carbons (Fsp3) is 0.241. The number of phenols is 1. The van der Waals surface area contributed by atoms with Gasteiger partial charge in [-0.2, -0.15) is 0 Å². The van der Waals surface area contributed by atoms with Gasteiger partial charge in [-0.15, -0.1) is 11.3 Å². The van der Waals surface area contributed by atoms with Gasteiger partial charge in [-0.1, -0.05) is 68.7 Å². The minimum atomic E-state index is -0.189. The molecule has 3 aromatic carbocycles. The first-order valence-electron chi connectivity index (χ1n) is 11.7. The van der Waals surface area contributed by atoms with Crippen molar-refractivity contribution >= 4 is 32.9 Å². The van der Waals surface area contributed by atoms with Crippen molar-refractivity contribution in [3.63, 3.8) is 0 Å². The fourth-order valence-corrected chi connectivity index (χ4v) is 5.18. The summed E-state index contributed by atoms with van der Waals surface area (Å²) >= 11 is 1.44. The fourth-order valence-electron chi connectivity index (χ4n) is 4.01. The molecule has 5 heteroatoms. The predicted octanol–water partition coefficient (Wildman–Crippen LogP) is 7.87. The smallest absolute Gasteiger partial charge is 0.207 e. The molecule has 0 unspecified atom stereocenters. The van der Waals surface area contributed by atoms with E-state index in [4.69, 9.17) is 10.1 Å². The third-order valence-corrected chi connectivity index (χ3v) is 7.01. The van der Waals surface area contributed by atoms with E-state index in [-0.39, 0.29) is 11.5 Å². The Hall–Kier alpha value is -3.44. The molecule has 0 radical (unpaired) electrons. The first-order chi connectivity index (χ1) is 16.6. The lowest BCUT2D eigenvalue weighted by atomic mass is 9.98. The second-order valence-electron chi connectivity index (χ2n) is 8.38. The predicted molar refractivity (Wildman–Crippen MR) is 141 cm³/mol. The Kier molecular flexibility index (Phi) is 7.76. The summed E-state index contributed by atoms with van der Waals surface area (Å²) < 4.78 is 6.85. The Morgan fingerprint density at radius 2 is 1.68 bits per heavy atom. The van der Waals surface area contributed by atoms with Crippen molar-refractivity contribution < 1.29 is 14.6 Å². The van der Waals surface area contributed by atoms with Gasteiger partial charge in [-0.25, -0.2) is 0 Å². The van der Waals surface area contributed by atoms with E-state index >= 15 is 0 Å². The minimum Gasteiger partial charge on any atom is -0.507 e. The third kappa shape index (κ3) is 5.37. The monoisotopic (exact) mass is 471 g/mol. The number of nitrogens with one attached hydrogen (secondary N) is 1. The lowest BCUT2D eigenvalue weighted by Crippen LogP contribution is -2.10. The number of hydrogen-bond donors (Lipinski definition) is 2. The molecule has 0 aliphatic heterocycles. The molecule has 0 aliphatic carbocycles. The van der Waals surface area contributed by atoms with Gasteiger partial charge in [0.15, 0.2) is 0 Å². The van der Waals surface area contributed by atoms with Crippen LogP contribution in [0.2, 0.25) is 0 Å². The Bertz CT molecular complexity index is 1290. The summed E-state index contributed by atoms with van der Waals surface area (Å²) in [5.41, 5.74) is 2.69. The Balaban J connectivity index is 1.56. The summed E-state index contributed by atoms with van der Waals surface area (Å²) in [6, 6.07) is 22.3. The van der Waals surface area contributed by atoms with Crippen LogP contribution in [0.1, 0.15) is 54.3 Å². The molecule has 0 atom stereocenters. The van der Waals surface area contributed by atoms with Crippen molar-refractivity contribution in [2.45, 2.75) is 39.0 Å². The molecule has 4 nitrogen and oxygen atoms in total. The quantitative estimate of drug-likeness (QED) is 0.133. The average molecular weight is 472 g/mol. The number of thiophene rings is 1. The molecule has 34 heavy (non-hydrogen) atoms. The normalized spacial score (nSPS) is 11.0. The third-order valence-electron chi connectivity index (χ3n) is 5.84. The molecule has 4 rings (SSSR count). The largest absolute Gasteiger partial charge is 0.507 e. The molecule has 0 bridgehead atoms. The maximum atomic E-state index is 13.4. The van der Waals surface area contributed by atoms with Gasteiger partial charge in [0.1, 0.15) is 18.1 Å². The molecule has 0 saturated heterocycles. The van der Waals surface area contributed by atoms with E-state index in [0.29, 0.717) is 28.5 Å². The van der Waals surface area contributed by atoms with Crippen LogP contribution < -0.4 is 4.74 Å². The molecule has 1 aromatic heterocycles. The summed E-state index contributed by atoms with van der Waals surface area (Å²) in [6.07, 6.45) is 5.37. The van der Waals surface area contributed by atoms with E-state index in [0.717, 1.165) is 40.5 Å². The summed E-state index contributed by atoms with van der Waals surface area (Å²) in [4.78, 5) is 14.0. The zero-order chi connectivity index (χ0) is 23.9. The van der Waals surface area contributed by atoms with Crippen molar-refractivity contribution in [2.75, 3.05) is 6.61 Å². The second-order valence-corrected chi connectivity index (χ2v) is 9.43. The van der Waals surface area contributed by atoms with Crippen LogP contribution in [0.5, 0.6) is 11.5 Å². The number of ether oxygens (including phenoxy) is 1. The zero-order valence-corrected chi connectivity index (χ0v) is 20.2. The Labute approximate surface area is 204 Å². The van der Waals surface area contributed by atoms with Gasteiger partial charge in [0.25, 0.3) is 0 Å². The number of para-hydroxylation sites is 1. The van der Waals surface area contributed by atoms with E-state index in [1.54, 1.807) is 18.2 Å². The molecular weight excluding hydrogens is 442 g/mol. The van der Waals surface area contributed by atoms with Crippen molar-refractivity contribution in [3.05, 3.63) is 83.2 Å². The molecule has 2 N–H and O–H groups in total. The molecule has 0 aliphatic rings. The SMILES string of the molecule is CCCCCCC(=N)COc1ccc(-c2c(C(=O)c3ccccc3O)sc3ccccc23)cc1. The van der Waals surface area contributed by atoms with Gasteiger partial charge in [0, 0.05) is 21.4 Å². The van der Waals surface area contributed by atoms with Crippen LogP contribution in [-0.2, 0) is 0 Å². The maximum absolute atomic E-state index is 13.4. The number of rotatable bonds is 11. The molecule has 0 saturated carbocycles. The number of carbonyl (C=O) groups is 1. The zero-order valence-electron chi connectivity index (χ0n) is 19.3. The van der Waals surface area contributed by atoms with E-state index in [1.165, 1.54) is 30.2 Å². The number of unbranched alkanes of at least 4 members (excludes halogenated alkanes) is 3.